The summed E-state index contributed by atoms with van der Waals surface area (Å²) in [7, 11) is 2.99. The third kappa shape index (κ3) is 4.43. The van der Waals surface area contributed by atoms with E-state index < -0.39 is 17.8 Å². The van der Waals surface area contributed by atoms with Crippen LogP contribution in [0.5, 0.6) is 0 Å². The van der Waals surface area contributed by atoms with Crippen LogP contribution in [0, 0.1) is 5.82 Å². The van der Waals surface area contributed by atoms with Crippen molar-refractivity contribution in [3.05, 3.63) is 23.6 Å². The number of hydrogen-bond acceptors (Lipinski definition) is 5. The number of likely N-dealkylation sites (N-methyl/N-ethyl adjacent to an activating group) is 1. The highest BCUT2D eigenvalue weighted by Gasteiger charge is 2.19. The normalized spacial score (nSPS) is 12.1. The molecule has 0 radical (unpaired) electrons. The molecule has 1 rings (SSSR count). The van der Waals surface area contributed by atoms with Crippen molar-refractivity contribution < 1.29 is 19.0 Å². The van der Waals surface area contributed by atoms with Gasteiger partial charge in [0.25, 0.3) is 5.91 Å². The van der Waals surface area contributed by atoms with Crippen LogP contribution >= 0.6 is 0 Å². The largest absolute Gasteiger partial charge is 0.389 e. The Morgan fingerprint density at radius 2 is 2.35 bits per heavy atom. The first-order valence-corrected chi connectivity index (χ1v) is 6.31. The van der Waals surface area contributed by atoms with E-state index in [1.54, 1.807) is 0 Å². The smallest absolute Gasteiger partial charge is 0.257 e. The zero-order valence-corrected chi connectivity index (χ0v) is 11.9. The maximum atomic E-state index is 13.3. The van der Waals surface area contributed by atoms with E-state index in [-0.39, 0.29) is 18.7 Å². The Morgan fingerprint density at radius 3 is 2.95 bits per heavy atom. The van der Waals surface area contributed by atoms with Gasteiger partial charge in [0.05, 0.1) is 24.5 Å². The second-order valence-corrected chi connectivity index (χ2v) is 4.37. The van der Waals surface area contributed by atoms with Crippen molar-refractivity contribution in [3.8, 4) is 0 Å². The first kappa shape index (κ1) is 16.3. The molecule has 0 saturated heterocycles. The number of halogens is 1. The molecule has 0 aliphatic carbocycles. The summed E-state index contributed by atoms with van der Waals surface area (Å²) in [6.45, 7) is 2.63. The summed E-state index contributed by atoms with van der Waals surface area (Å²) in [5, 5.41) is 12.5. The fourth-order valence-electron chi connectivity index (χ4n) is 1.76. The highest BCUT2D eigenvalue weighted by Crippen LogP contribution is 2.15. The zero-order chi connectivity index (χ0) is 15.1. The van der Waals surface area contributed by atoms with Gasteiger partial charge in [0.2, 0.25) is 0 Å². The Hall–Kier alpha value is -1.73. The second kappa shape index (κ2) is 7.76. The molecule has 7 heteroatoms. The molecule has 1 atom stereocenters. The molecular weight excluding hydrogens is 265 g/mol. The van der Waals surface area contributed by atoms with E-state index in [1.807, 2.05) is 6.92 Å². The van der Waals surface area contributed by atoms with Gasteiger partial charge in [-0.05, 0) is 13.0 Å². The lowest BCUT2D eigenvalue weighted by Crippen LogP contribution is -2.36. The number of carbonyl (C=O) groups is 1. The minimum Gasteiger partial charge on any atom is -0.389 e. The lowest BCUT2D eigenvalue weighted by molar-refractivity contribution is 0.0380. The van der Waals surface area contributed by atoms with Crippen molar-refractivity contribution in [2.45, 2.75) is 13.0 Å². The van der Waals surface area contributed by atoms with Gasteiger partial charge in [-0.25, -0.2) is 9.37 Å². The van der Waals surface area contributed by atoms with Gasteiger partial charge in [-0.2, -0.15) is 0 Å². The monoisotopic (exact) mass is 285 g/mol. The molecule has 0 saturated carbocycles. The molecule has 0 aliphatic rings. The molecule has 6 nitrogen and oxygen atoms in total. The van der Waals surface area contributed by atoms with Crippen LogP contribution in [0.1, 0.15) is 17.3 Å². The topological polar surface area (TPSA) is 74.7 Å². The summed E-state index contributed by atoms with van der Waals surface area (Å²) in [6.07, 6.45) is 0.257. The summed E-state index contributed by atoms with van der Waals surface area (Å²) < 4.78 is 18.1. The third-order valence-corrected chi connectivity index (χ3v) is 2.62. The number of aromatic nitrogens is 1. The molecule has 1 unspecified atom stereocenters. The fourth-order valence-corrected chi connectivity index (χ4v) is 1.76. The summed E-state index contributed by atoms with van der Waals surface area (Å²) in [6, 6.07) is 1.13. The highest BCUT2D eigenvalue weighted by molar-refractivity contribution is 5.98. The lowest BCUT2D eigenvalue weighted by atomic mass is 10.2. The minimum atomic E-state index is -0.793. The predicted octanol–water partition coefficient (Wildman–Crippen LogP) is 0.732. The number of aliphatic hydroxyl groups is 1. The van der Waals surface area contributed by atoms with Crippen LogP contribution in [0.2, 0.25) is 0 Å². The van der Waals surface area contributed by atoms with Gasteiger partial charge in [0.1, 0.15) is 11.6 Å². The average molecular weight is 285 g/mol. The summed E-state index contributed by atoms with van der Waals surface area (Å²) in [5.41, 5.74) is 0.138. The first-order valence-electron chi connectivity index (χ1n) is 6.31. The van der Waals surface area contributed by atoms with Gasteiger partial charge in [-0.3, -0.25) is 4.79 Å². The lowest BCUT2D eigenvalue weighted by Gasteiger charge is -2.21. The number of carbonyl (C=O) groups excluding carboxylic acids is 1. The van der Waals surface area contributed by atoms with Crippen molar-refractivity contribution in [1.82, 2.24) is 9.88 Å². The molecular formula is C13H20FN3O3. The number of methoxy groups -OCH3 is 1. The third-order valence-electron chi connectivity index (χ3n) is 2.62. The van der Waals surface area contributed by atoms with E-state index in [2.05, 4.69) is 10.3 Å². The van der Waals surface area contributed by atoms with Gasteiger partial charge in [-0.1, -0.05) is 0 Å². The summed E-state index contributed by atoms with van der Waals surface area (Å²) in [4.78, 5) is 17.4. The van der Waals surface area contributed by atoms with E-state index in [4.69, 9.17) is 4.74 Å². The number of nitrogens with zero attached hydrogens (tertiary/aromatic N) is 2. The molecule has 0 spiro atoms. The van der Waals surface area contributed by atoms with Crippen molar-refractivity contribution in [1.29, 1.82) is 0 Å². The summed E-state index contributed by atoms with van der Waals surface area (Å²) >= 11 is 0. The van der Waals surface area contributed by atoms with E-state index >= 15 is 0 Å². The number of pyridine rings is 1. The first-order chi connectivity index (χ1) is 9.49. The Bertz CT molecular complexity index is 456. The maximum Gasteiger partial charge on any atom is 0.257 e. The molecule has 20 heavy (non-hydrogen) atoms. The second-order valence-electron chi connectivity index (χ2n) is 4.37. The Morgan fingerprint density at radius 1 is 1.65 bits per heavy atom. The van der Waals surface area contributed by atoms with Crippen molar-refractivity contribution in [2.24, 2.45) is 0 Å². The van der Waals surface area contributed by atoms with Crippen molar-refractivity contribution >= 4 is 11.7 Å². The number of nitrogens with one attached hydrogen (secondary N) is 1. The number of aliphatic hydroxyl groups excluding tert-OH is 1. The van der Waals surface area contributed by atoms with E-state index in [1.165, 1.54) is 19.1 Å². The Kier molecular flexibility index (Phi) is 6.33. The number of rotatable bonds is 7. The molecule has 0 aromatic carbocycles. The predicted molar refractivity (Wildman–Crippen MR) is 73.2 cm³/mol. The van der Waals surface area contributed by atoms with Gasteiger partial charge >= 0.3 is 0 Å². The Labute approximate surface area is 117 Å². The minimum absolute atomic E-state index is 0.0920. The number of anilines is 1. The number of hydrogen-bond donors (Lipinski definition) is 2. The van der Waals surface area contributed by atoms with Crippen LogP contribution in [-0.4, -0.2) is 60.9 Å². The molecule has 1 heterocycles. The fraction of sp³-hybridized carbons (Fsp3) is 0.538. The van der Waals surface area contributed by atoms with Gasteiger partial charge in [0.15, 0.2) is 0 Å². The summed E-state index contributed by atoms with van der Waals surface area (Å²) in [5.74, 6) is -0.670. The molecule has 0 bridgehead atoms. The quantitative estimate of drug-likeness (QED) is 0.772. The van der Waals surface area contributed by atoms with Crippen molar-refractivity contribution in [3.63, 3.8) is 0 Å². The maximum absolute atomic E-state index is 13.3. The molecule has 112 valence electrons. The van der Waals surface area contributed by atoms with Gasteiger partial charge < -0.3 is 20.1 Å². The average Bonchev–Trinajstić information content (AvgIpc) is 2.40. The van der Waals surface area contributed by atoms with E-state index in [0.717, 1.165) is 12.3 Å². The molecule has 1 aromatic heterocycles. The van der Waals surface area contributed by atoms with Crippen LogP contribution in [-0.2, 0) is 4.74 Å². The van der Waals surface area contributed by atoms with Gasteiger partial charge in [-0.15, -0.1) is 0 Å². The SMILES string of the molecule is CCNc1ncc(F)cc1C(=O)N(C)CC(O)COC. The number of amides is 1. The van der Waals surface area contributed by atoms with E-state index in [9.17, 15) is 14.3 Å². The molecule has 2 N–H and O–H groups in total. The van der Waals surface area contributed by atoms with E-state index in [0.29, 0.717) is 12.4 Å². The number of ether oxygens (including phenoxy) is 1. The zero-order valence-electron chi connectivity index (χ0n) is 11.9. The Balaban J connectivity index is 2.87. The van der Waals surface area contributed by atoms with Gasteiger partial charge in [0, 0.05) is 27.2 Å². The van der Waals surface area contributed by atoms with Crippen molar-refractivity contribution in [2.75, 3.05) is 39.2 Å². The van der Waals surface area contributed by atoms with Crippen LogP contribution in [0.25, 0.3) is 0 Å². The van der Waals surface area contributed by atoms with Crippen LogP contribution in [0.4, 0.5) is 10.2 Å². The van der Waals surface area contributed by atoms with Crippen LogP contribution in [0.3, 0.4) is 0 Å². The standard InChI is InChI=1S/C13H20FN3O3/c1-4-15-12-11(5-9(14)6-16-12)13(19)17(2)7-10(18)8-20-3/h5-6,10,18H,4,7-8H2,1-3H3,(H,15,16). The molecule has 1 amide bonds. The highest BCUT2D eigenvalue weighted by atomic mass is 19.1. The molecule has 1 aromatic rings. The van der Waals surface area contributed by atoms with Crippen LogP contribution in [0.15, 0.2) is 12.3 Å². The molecule has 0 aliphatic heterocycles. The molecule has 0 fully saturated rings. The van der Waals surface area contributed by atoms with Crippen LogP contribution < -0.4 is 5.32 Å².